The van der Waals surface area contributed by atoms with Gasteiger partial charge in [-0.3, -0.25) is 15.0 Å². The van der Waals surface area contributed by atoms with Crippen molar-refractivity contribution in [2.45, 2.75) is 6.54 Å². The van der Waals surface area contributed by atoms with Gasteiger partial charge in [0.25, 0.3) is 11.5 Å². The predicted molar refractivity (Wildman–Crippen MR) is 77.9 cm³/mol. The molecule has 0 spiro atoms. The highest BCUT2D eigenvalue weighted by molar-refractivity contribution is 7.14. The number of hydrazine groups is 1. The second-order valence-electron chi connectivity index (χ2n) is 4.34. The lowest BCUT2D eigenvalue weighted by Crippen LogP contribution is -2.29. The number of nitrogens with zero attached hydrogens (tertiary/aromatic N) is 3. The van der Waals surface area contributed by atoms with Gasteiger partial charge in [0.05, 0.1) is 23.3 Å². The summed E-state index contributed by atoms with van der Waals surface area (Å²) in [7, 11) is 3.69. The third kappa shape index (κ3) is 3.03. The van der Waals surface area contributed by atoms with Gasteiger partial charge in [0.1, 0.15) is 0 Å². The van der Waals surface area contributed by atoms with E-state index in [1.165, 1.54) is 22.1 Å². The van der Waals surface area contributed by atoms with Crippen molar-refractivity contribution in [1.29, 1.82) is 0 Å². The Morgan fingerprint density at radius 2 is 2.25 bits per heavy atom. The molecule has 1 amide bonds. The smallest absolute Gasteiger partial charge is 0.275 e. The fourth-order valence-corrected chi connectivity index (χ4v) is 2.48. The molecule has 0 aliphatic carbocycles. The summed E-state index contributed by atoms with van der Waals surface area (Å²) >= 11 is 1.28. The highest BCUT2D eigenvalue weighted by atomic mass is 32.1. The highest BCUT2D eigenvalue weighted by Crippen LogP contribution is 2.16. The number of rotatable bonds is 4. The summed E-state index contributed by atoms with van der Waals surface area (Å²) in [5.41, 5.74) is 2.64. The average Bonchev–Trinajstić information content (AvgIpc) is 2.88. The van der Waals surface area contributed by atoms with Gasteiger partial charge in [-0.15, -0.1) is 11.3 Å². The van der Waals surface area contributed by atoms with Gasteiger partial charge in [-0.25, -0.2) is 10.5 Å². The molecule has 2 heterocycles. The molecule has 20 heavy (non-hydrogen) atoms. The number of carbonyl (C=O) groups is 1. The van der Waals surface area contributed by atoms with Crippen molar-refractivity contribution in [1.82, 2.24) is 15.2 Å². The minimum atomic E-state index is -0.343. The Labute approximate surface area is 119 Å². The molecule has 0 radical (unpaired) electrons. The number of hydrogen-bond acceptors (Lipinski definition) is 6. The van der Waals surface area contributed by atoms with E-state index >= 15 is 0 Å². The average molecular weight is 293 g/mol. The minimum absolute atomic E-state index is 0.186. The number of anilines is 1. The fourth-order valence-electron chi connectivity index (χ4n) is 1.59. The molecule has 2 aromatic heterocycles. The van der Waals surface area contributed by atoms with Crippen LogP contribution in [0.2, 0.25) is 0 Å². The quantitative estimate of drug-likeness (QED) is 0.471. The van der Waals surface area contributed by atoms with E-state index in [0.717, 1.165) is 10.6 Å². The van der Waals surface area contributed by atoms with Crippen LogP contribution in [0.4, 0.5) is 5.69 Å². The molecule has 0 bridgehead atoms. The molecule has 7 nitrogen and oxygen atoms in total. The Hall–Kier alpha value is -2.19. The summed E-state index contributed by atoms with van der Waals surface area (Å²) in [6.07, 6.45) is 1.63. The van der Waals surface area contributed by atoms with Crippen LogP contribution in [0.15, 0.2) is 29.2 Å². The normalized spacial score (nSPS) is 10.3. The molecule has 0 aliphatic rings. The van der Waals surface area contributed by atoms with Crippen LogP contribution < -0.4 is 21.7 Å². The van der Waals surface area contributed by atoms with Crippen LogP contribution in [-0.2, 0) is 6.54 Å². The second-order valence-corrected chi connectivity index (χ2v) is 5.51. The number of nitrogen functional groups attached to an aromatic ring is 1. The van der Waals surface area contributed by atoms with Gasteiger partial charge in [0.15, 0.2) is 0 Å². The zero-order valence-electron chi connectivity index (χ0n) is 11.2. The lowest BCUT2D eigenvalue weighted by Gasteiger charge is -2.11. The van der Waals surface area contributed by atoms with Gasteiger partial charge < -0.3 is 4.90 Å². The van der Waals surface area contributed by atoms with E-state index in [1.54, 1.807) is 18.3 Å². The molecular formula is C12H15N5O2S. The molecule has 0 fully saturated rings. The van der Waals surface area contributed by atoms with E-state index in [2.05, 4.69) is 10.5 Å². The number of carbonyl (C=O) groups excluding carboxylic acids is 1. The third-order valence-corrected chi connectivity index (χ3v) is 3.76. The van der Waals surface area contributed by atoms with Gasteiger partial charge in [-0.2, -0.15) is 5.10 Å². The Morgan fingerprint density at radius 1 is 1.50 bits per heavy atom. The maximum Gasteiger partial charge on any atom is 0.275 e. The molecular weight excluding hydrogens is 278 g/mol. The highest BCUT2D eigenvalue weighted by Gasteiger charge is 2.09. The molecule has 0 atom stereocenters. The van der Waals surface area contributed by atoms with E-state index < -0.39 is 0 Å². The zero-order chi connectivity index (χ0) is 14.7. The maximum absolute atomic E-state index is 11.9. The van der Waals surface area contributed by atoms with Gasteiger partial charge in [-0.05, 0) is 12.1 Å². The first kappa shape index (κ1) is 14.2. The molecule has 2 rings (SSSR count). The molecule has 2 aromatic rings. The number of aromatic nitrogens is 2. The van der Waals surface area contributed by atoms with Crippen molar-refractivity contribution in [3.05, 3.63) is 44.5 Å². The van der Waals surface area contributed by atoms with E-state index in [0.29, 0.717) is 11.4 Å². The minimum Gasteiger partial charge on any atom is -0.376 e. The van der Waals surface area contributed by atoms with Crippen molar-refractivity contribution in [3.63, 3.8) is 0 Å². The van der Waals surface area contributed by atoms with Crippen molar-refractivity contribution in [3.8, 4) is 0 Å². The second kappa shape index (κ2) is 5.85. The van der Waals surface area contributed by atoms with Crippen molar-refractivity contribution >= 4 is 22.9 Å². The fraction of sp³-hybridized carbons (Fsp3) is 0.250. The monoisotopic (exact) mass is 293 g/mol. The summed E-state index contributed by atoms with van der Waals surface area (Å²) in [6.45, 7) is 0.328. The largest absolute Gasteiger partial charge is 0.376 e. The lowest BCUT2D eigenvalue weighted by atomic mass is 10.4. The predicted octanol–water partition coefficient (Wildman–Crippen LogP) is 0.0226. The molecule has 0 aromatic carbocycles. The lowest BCUT2D eigenvalue weighted by molar-refractivity contribution is 0.0957. The maximum atomic E-state index is 11.9. The number of nitrogens with one attached hydrogen (secondary N) is 1. The van der Waals surface area contributed by atoms with Gasteiger partial charge >= 0.3 is 0 Å². The van der Waals surface area contributed by atoms with Crippen molar-refractivity contribution < 1.29 is 4.79 Å². The van der Waals surface area contributed by atoms with Gasteiger partial charge in [-0.1, -0.05) is 0 Å². The van der Waals surface area contributed by atoms with Crippen LogP contribution in [0, 0.1) is 0 Å². The topological polar surface area (TPSA) is 93.2 Å². The van der Waals surface area contributed by atoms with E-state index in [-0.39, 0.29) is 11.5 Å². The number of nitrogens with two attached hydrogens (primary N) is 1. The van der Waals surface area contributed by atoms with E-state index in [9.17, 15) is 9.59 Å². The molecule has 106 valence electrons. The van der Waals surface area contributed by atoms with Crippen LogP contribution in [0.1, 0.15) is 14.5 Å². The third-order valence-electron chi connectivity index (χ3n) is 2.69. The first-order valence-electron chi connectivity index (χ1n) is 5.85. The Morgan fingerprint density at radius 3 is 2.85 bits per heavy atom. The Balaban J connectivity index is 2.20. The van der Waals surface area contributed by atoms with Crippen LogP contribution >= 0.6 is 11.3 Å². The molecule has 0 saturated carbocycles. The summed E-state index contributed by atoms with van der Waals surface area (Å²) in [5, 5.41) is 4.11. The van der Waals surface area contributed by atoms with E-state index in [4.69, 9.17) is 5.84 Å². The van der Waals surface area contributed by atoms with Gasteiger partial charge in [0.2, 0.25) is 0 Å². The van der Waals surface area contributed by atoms with Crippen LogP contribution in [-0.4, -0.2) is 29.8 Å². The van der Waals surface area contributed by atoms with Crippen LogP contribution in [0.5, 0.6) is 0 Å². The standard InChI is InChI=1S/C12H15N5O2S/c1-16(2)8-5-11(18)17(14-6-8)7-9-3-4-10(20-9)12(19)15-13/h3-6H,7,13H2,1-2H3,(H,15,19). The summed E-state index contributed by atoms with van der Waals surface area (Å²) in [4.78, 5) is 26.4. The molecule has 0 aliphatic heterocycles. The van der Waals surface area contributed by atoms with Gasteiger partial charge in [0, 0.05) is 25.0 Å². The first-order chi connectivity index (χ1) is 9.51. The molecule has 8 heteroatoms. The van der Waals surface area contributed by atoms with Crippen LogP contribution in [0.3, 0.4) is 0 Å². The summed E-state index contributed by atoms with van der Waals surface area (Å²) < 4.78 is 1.35. The van der Waals surface area contributed by atoms with Crippen molar-refractivity contribution in [2.24, 2.45) is 5.84 Å². The zero-order valence-corrected chi connectivity index (χ0v) is 12.0. The summed E-state index contributed by atoms with van der Waals surface area (Å²) in [6, 6.07) is 4.97. The first-order valence-corrected chi connectivity index (χ1v) is 6.67. The SMILES string of the molecule is CN(C)c1cnn(Cc2ccc(C(=O)NN)s2)c(=O)c1. The Kier molecular flexibility index (Phi) is 4.16. The Bertz CT molecular complexity index is 676. The van der Waals surface area contributed by atoms with Crippen molar-refractivity contribution in [2.75, 3.05) is 19.0 Å². The number of hydrogen-bond donors (Lipinski definition) is 2. The number of thiophene rings is 1. The molecule has 0 unspecified atom stereocenters. The van der Waals surface area contributed by atoms with Crippen LogP contribution in [0.25, 0.3) is 0 Å². The molecule has 0 saturated heterocycles. The summed E-state index contributed by atoms with van der Waals surface area (Å²) in [5.74, 6) is 4.73. The van der Waals surface area contributed by atoms with E-state index in [1.807, 2.05) is 19.0 Å². The molecule has 3 N–H and O–H groups in total. The number of amides is 1.